The van der Waals surface area contributed by atoms with Crippen LogP contribution >= 0.6 is 12.2 Å². The number of nitrogens with one attached hydrogen (secondary N) is 2. The number of rotatable bonds is 5. The van der Waals surface area contributed by atoms with Gasteiger partial charge in [0.05, 0.1) is 22.7 Å². The van der Waals surface area contributed by atoms with E-state index < -0.39 is 23.5 Å². The molecule has 208 valence electrons. The molecule has 2 N–H and O–H groups in total. The number of halogens is 6. The standard InChI is InChI=1S/C28H28F6N4S/c1-2-16-15-38-10-8-17(16)11-24(38)25(22-7-9-35-23-6-4-3-5-21(22)23)37-26(39)36-20-13-18(27(29,30)31)12-19(14-20)28(32,33)34/h3-7,9,12-14,16-17,24-25H,2,8,10-11,15H2,1H3,(H2,36,37,39)/t16-,17-,24+,25+/m0/s1. The van der Waals surface area contributed by atoms with E-state index in [1.807, 2.05) is 30.3 Å². The highest BCUT2D eigenvalue weighted by molar-refractivity contribution is 7.80. The lowest BCUT2D eigenvalue weighted by Gasteiger charge is -2.52. The van der Waals surface area contributed by atoms with Crippen molar-refractivity contribution in [1.29, 1.82) is 0 Å². The summed E-state index contributed by atoms with van der Waals surface area (Å²) in [6.45, 7) is 4.06. The number of piperidine rings is 3. The molecule has 0 spiro atoms. The van der Waals surface area contributed by atoms with Crippen LogP contribution in [0.25, 0.3) is 10.9 Å². The third-order valence-corrected chi connectivity index (χ3v) is 8.22. The average molecular weight is 567 g/mol. The van der Waals surface area contributed by atoms with Gasteiger partial charge in [-0.05, 0) is 79.3 Å². The maximum absolute atomic E-state index is 13.4. The molecule has 3 aromatic rings. The molecule has 1 unspecified atom stereocenters. The Kier molecular flexibility index (Phi) is 7.49. The van der Waals surface area contributed by atoms with Crippen molar-refractivity contribution in [2.75, 3.05) is 18.4 Å². The van der Waals surface area contributed by atoms with Crippen LogP contribution in [0.2, 0.25) is 0 Å². The molecule has 3 aliphatic rings. The second-order valence-electron chi connectivity index (χ2n) is 10.3. The van der Waals surface area contributed by atoms with Crippen molar-refractivity contribution in [3.05, 3.63) is 71.4 Å². The zero-order chi connectivity index (χ0) is 27.9. The van der Waals surface area contributed by atoms with Crippen molar-refractivity contribution in [3.8, 4) is 0 Å². The number of nitrogens with zero attached hydrogens (tertiary/aromatic N) is 2. The Balaban J connectivity index is 1.48. The fourth-order valence-electron chi connectivity index (χ4n) is 6.09. The summed E-state index contributed by atoms with van der Waals surface area (Å²) >= 11 is 5.49. The van der Waals surface area contributed by atoms with Crippen LogP contribution in [-0.2, 0) is 12.4 Å². The van der Waals surface area contributed by atoms with Gasteiger partial charge in [-0.1, -0.05) is 31.5 Å². The normalized spacial score (nSPS) is 24.0. The van der Waals surface area contributed by atoms with Crippen LogP contribution in [0.4, 0.5) is 32.0 Å². The van der Waals surface area contributed by atoms with Crippen molar-refractivity contribution in [2.45, 2.75) is 50.6 Å². The molecule has 5 atom stereocenters. The van der Waals surface area contributed by atoms with Crippen molar-refractivity contribution in [1.82, 2.24) is 15.2 Å². The molecular weight excluding hydrogens is 538 g/mol. The molecule has 0 saturated carbocycles. The first-order valence-electron chi connectivity index (χ1n) is 12.9. The summed E-state index contributed by atoms with van der Waals surface area (Å²) in [5.74, 6) is 1.14. The number of benzene rings is 2. The Morgan fingerprint density at radius 3 is 2.36 bits per heavy atom. The van der Waals surface area contributed by atoms with Gasteiger partial charge in [0.2, 0.25) is 0 Å². The summed E-state index contributed by atoms with van der Waals surface area (Å²) in [4.78, 5) is 6.88. The van der Waals surface area contributed by atoms with Crippen LogP contribution in [0, 0.1) is 11.8 Å². The Hall–Kier alpha value is -2.92. The minimum atomic E-state index is -4.95. The highest BCUT2D eigenvalue weighted by Crippen LogP contribution is 2.43. The topological polar surface area (TPSA) is 40.2 Å². The molecule has 4 nitrogen and oxygen atoms in total. The van der Waals surface area contributed by atoms with Gasteiger partial charge in [0.1, 0.15) is 0 Å². The third-order valence-electron chi connectivity index (χ3n) is 8.00. The molecular formula is C28H28F6N4S. The molecule has 4 heterocycles. The van der Waals surface area contributed by atoms with E-state index in [0.717, 1.165) is 48.8 Å². The predicted molar refractivity (Wildman–Crippen MR) is 142 cm³/mol. The molecule has 3 aliphatic heterocycles. The first kappa shape index (κ1) is 27.6. The van der Waals surface area contributed by atoms with Gasteiger partial charge in [-0.3, -0.25) is 9.88 Å². The van der Waals surface area contributed by atoms with Gasteiger partial charge in [0.15, 0.2) is 5.11 Å². The molecule has 3 saturated heterocycles. The summed E-state index contributed by atoms with van der Waals surface area (Å²) < 4.78 is 80.3. The molecule has 6 rings (SSSR count). The molecule has 2 aromatic carbocycles. The highest BCUT2D eigenvalue weighted by Gasteiger charge is 2.43. The van der Waals surface area contributed by atoms with Crippen LogP contribution in [0.15, 0.2) is 54.7 Å². The third kappa shape index (κ3) is 5.84. The van der Waals surface area contributed by atoms with Crippen LogP contribution in [-0.4, -0.2) is 34.1 Å². The lowest BCUT2D eigenvalue weighted by Crippen LogP contribution is -2.58. The van der Waals surface area contributed by atoms with E-state index in [4.69, 9.17) is 12.2 Å². The Labute approximate surface area is 227 Å². The maximum Gasteiger partial charge on any atom is 0.416 e. The van der Waals surface area contributed by atoms with E-state index in [-0.39, 0.29) is 28.9 Å². The number of thiocarbonyl (C=S) groups is 1. The summed E-state index contributed by atoms with van der Waals surface area (Å²) in [6.07, 6.45) is -5.09. The van der Waals surface area contributed by atoms with Gasteiger partial charge < -0.3 is 10.6 Å². The lowest BCUT2D eigenvalue weighted by molar-refractivity contribution is -0.143. The minimum absolute atomic E-state index is 0.0457. The largest absolute Gasteiger partial charge is 0.416 e. The molecule has 1 aromatic heterocycles. The van der Waals surface area contributed by atoms with Crippen molar-refractivity contribution in [2.24, 2.45) is 11.8 Å². The van der Waals surface area contributed by atoms with E-state index in [1.165, 1.54) is 0 Å². The first-order chi connectivity index (χ1) is 18.4. The number of alkyl halides is 6. The molecule has 0 radical (unpaired) electrons. The molecule has 0 amide bonds. The predicted octanol–water partition coefficient (Wildman–Crippen LogP) is 7.42. The second-order valence-corrected chi connectivity index (χ2v) is 10.7. The van der Waals surface area contributed by atoms with Crippen LogP contribution in [0.3, 0.4) is 0 Å². The molecule has 39 heavy (non-hydrogen) atoms. The zero-order valence-corrected chi connectivity index (χ0v) is 21.9. The number of para-hydroxylation sites is 1. The quantitative estimate of drug-likeness (QED) is 0.249. The van der Waals surface area contributed by atoms with Crippen molar-refractivity contribution < 1.29 is 26.3 Å². The van der Waals surface area contributed by atoms with Crippen molar-refractivity contribution >= 4 is 33.9 Å². The maximum atomic E-state index is 13.4. The fraction of sp³-hybridized carbons (Fsp3) is 0.429. The summed E-state index contributed by atoms with van der Waals surface area (Å²) in [5, 5.41) is 6.73. The van der Waals surface area contributed by atoms with Gasteiger partial charge in [-0.2, -0.15) is 26.3 Å². The SMILES string of the molecule is CC[C@H]1CN2CC[C@H]1C[C@@H]2[C@H](NC(=S)Nc1cc(C(F)(F)F)cc(C(F)(F)F)c1)c1ccnc2ccccc12. The zero-order valence-electron chi connectivity index (χ0n) is 21.1. The smallest absolute Gasteiger partial charge is 0.354 e. The first-order valence-corrected chi connectivity index (χ1v) is 13.3. The summed E-state index contributed by atoms with van der Waals surface area (Å²) in [7, 11) is 0. The minimum Gasteiger partial charge on any atom is -0.354 e. The fourth-order valence-corrected chi connectivity index (χ4v) is 6.34. The van der Waals surface area contributed by atoms with E-state index in [2.05, 4.69) is 27.4 Å². The van der Waals surface area contributed by atoms with Gasteiger partial charge in [-0.15, -0.1) is 0 Å². The second kappa shape index (κ2) is 10.6. The van der Waals surface area contributed by atoms with Gasteiger partial charge >= 0.3 is 12.4 Å². The van der Waals surface area contributed by atoms with Crippen molar-refractivity contribution in [3.63, 3.8) is 0 Å². The summed E-state index contributed by atoms with van der Waals surface area (Å²) in [6, 6.07) is 10.6. The Morgan fingerprint density at radius 1 is 1.05 bits per heavy atom. The molecule has 2 bridgehead atoms. The Morgan fingerprint density at radius 2 is 1.74 bits per heavy atom. The van der Waals surface area contributed by atoms with E-state index in [9.17, 15) is 26.3 Å². The Bertz CT molecular complexity index is 1320. The van der Waals surface area contributed by atoms with Gasteiger partial charge in [0.25, 0.3) is 0 Å². The van der Waals surface area contributed by atoms with Gasteiger partial charge in [0, 0.05) is 29.9 Å². The van der Waals surface area contributed by atoms with E-state index in [1.54, 1.807) is 6.20 Å². The van der Waals surface area contributed by atoms with E-state index in [0.29, 0.717) is 24.0 Å². The van der Waals surface area contributed by atoms with Crippen LogP contribution < -0.4 is 10.6 Å². The van der Waals surface area contributed by atoms with Crippen LogP contribution in [0.1, 0.15) is 48.9 Å². The molecule has 0 aliphatic carbocycles. The number of hydrogen-bond acceptors (Lipinski definition) is 3. The highest BCUT2D eigenvalue weighted by atomic mass is 32.1. The van der Waals surface area contributed by atoms with E-state index >= 15 is 0 Å². The monoisotopic (exact) mass is 566 g/mol. The molecule has 3 fully saturated rings. The number of hydrogen-bond donors (Lipinski definition) is 2. The number of aromatic nitrogens is 1. The number of pyridine rings is 1. The number of anilines is 1. The van der Waals surface area contributed by atoms with Gasteiger partial charge in [-0.25, -0.2) is 0 Å². The number of fused-ring (bicyclic) bond motifs is 4. The average Bonchev–Trinajstić information content (AvgIpc) is 2.90. The van der Waals surface area contributed by atoms with Crippen LogP contribution in [0.5, 0.6) is 0 Å². The summed E-state index contributed by atoms with van der Waals surface area (Å²) in [5.41, 5.74) is -1.48. The molecule has 11 heteroatoms. The lowest BCUT2D eigenvalue weighted by atomic mass is 9.72.